The second kappa shape index (κ2) is 6.90. The zero-order valence-electron chi connectivity index (χ0n) is 8.77. The van der Waals surface area contributed by atoms with Gasteiger partial charge in [-0.2, -0.15) is 0 Å². The summed E-state index contributed by atoms with van der Waals surface area (Å²) in [5.41, 5.74) is 0. The van der Waals surface area contributed by atoms with Crippen molar-refractivity contribution in [2.24, 2.45) is 0 Å². The van der Waals surface area contributed by atoms with Gasteiger partial charge < -0.3 is 4.48 Å². The van der Waals surface area contributed by atoms with Crippen molar-refractivity contribution in [3.05, 3.63) is 0 Å². The second-order valence-electron chi connectivity index (χ2n) is 3.73. The molecule has 2 heteroatoms. The van der Waals surface area contributed by atoms with Crippen LogP contribution in [-0.2, 0) is 0 Å². The van der Waals surface area contributed by atoms with Crippen molar-refractivity contribution in [3.63, 3.8) is 0 Å². The molecule has 12 heavy (non-hydrogen) atoms. The molecule has 0 atom stereocenters. The molecule has 0 bridgehead atoms. The van der Waals surface area contributed by atoms with Crippen molar-refractivity contribution in [2.75, 3.05) is 32.0 Å². The summed E-state index contributed by atoms with van der Waals surface area (Å²) in [5, 5.41) is 1.16. The van der Waals surface area contributed by atoms with Crippen molar-refractivity contribution in [1.29, 1.82) is 0 Å². The molecule has 1 nitrogen and oxygen atoms in total. The lowest BCUT2D eigenvalue weighted by atomic mass is 10.2. The number of quaternary nitrogens is 1. The van der Waals surface area contributed by atoms with Crippen LogP contribution < -0.4 is 0 Å². The van der Waals surface area contributed by atoms with Crippen molar-refractivity contribution in [3.8, 4) is 0 Å². The maximum Gasteiger partial charge on any atom is 0.0784 e. The average molecular weight is 237 g/mol. The highest BCUT2D eigenvalue weighted by molar-refractivity contribution is 9.09. The third kappa shape index (κ3) is 5.15. The largest absolute Gasteiger partial charge is 0.327 e. The molecule has 0 rings (SSSR count). The normalized spacial score (nSPS) is 12.0. The molecular formula is C10H23BrN+. The van der Waals surface area contributed by atoms with Gasteiger partial charge in [-0.3, -0.25) is 0 Å². The van der Waals surface area contributed by atoms with E-state index in [1.54, 1.807) is 0 Å². The van der Waals surface area contributed by atoms with E-state index in [1.165, 1.54) is 43.4 Å². The van der Waals surface area contributed by atoms with Crippen LogP contribution in [0.3, 0.4) is 0 Å². The molecule has 0 aromatic heterocycles. The minimum atomic E-state index is 1.16. The summed E-state index contributed by atoms with van der Waals surface area (Å²) in [6.45, 7) is 8.46. The number of hydrogen-bond acceptors (Lipinski definition) is 0. The van der Waals surface area contributed by atoms with Crippen LogP contribution in [0.1, 0.15) is 33.1 Å². The maximum absolute atomic E-state index is 3.46. The minimum absolute atomic E-state index is 1.16. The third-order valence-electron chi connectivity index (χ3n) is 2.86. The summed E-state index contributed by atoms with van der Waals surface area (Å²) in [4.78, 5) is 0. The van der Waals surface area contributed by atoms with Gasteiger partial charge in [0.15, 0.2) is 0 Å². The predicted octanol–water partition coefficient (Wildman–Crippen LogP) is 3.04. The van der Waals surface area contributed by atoms with Crippen LogP contribution >= 0.6 is 15.9 Å². The fourth-order valence-corrected chi connectivity index (χ4v) is 1.70. The van der Waals surface area contributed by atoms with E-state index >= 15 is 0 Å². The molecule has 0 aliphatic heterocycles. The standard InChI is InChI=1S/C10H23BrN/c1-4-12(3,5-2)10-8-6-7-9-11/h4-10H2,1-3H3/q+1. The molecule has 0 aromatic rings. The molecule has 0 fully saturated rings. The molecule has 0 saturated heterocycles. The number of nitrogens with zero attached hydrogens (tertiary/aromatic N) is 1. The molecule has 0 saturated carbocycles. The van der Waals surface area contributed by atoms with Gasteiger partial charge in [-0.1, -0.05) is 15.9 Å². The summed E-state index contributed by atoms with van der Waals surface area (Å²) in [6.07, 6.45) is 4.08. The van der Waals surface area contributed by atoms with Crippen molar-refractivity contribution >= 4 is 15.9 Å². The Labute approximate surface area is 85.9 Å². The van der Waals surface area contributed by atoms with E-state index in [4.69, 9.17) is 0 Å². The van der Waals surface area contributed by atoms with E-state index in [-0.39, 0.29) is 0 Å². The Balaban J connectivity index is 3.45. The van der Waals surface area contributed by atoms with Gasteiger partial charge in [0, 0.05) is 5.33 Å². The van der Waals surface area contributed by atoms with Gasteiger partial charge in [0.2, 0.25) is 0 Å². The summed E-state index contributed by atoms with van der Waals surface area (Å²) in [5.74, 6) is 0. The first-order chi connectivity index (χ1) is 5.68. The zero-order valence-corrected chi connectivity index (χ0v) is 10.4. The quantitative estimate of drug-likeness (QED) is 0.362. The highest BCUT2D eigenvalue weighted by atomic mass is 79.9. The van der Waals surface area contributed by atoms with Gasteiger partial charge >= 0.3 is 0 Å². The van der Waals surface area contributed by atoms with Gasteiger partial charge in [0.1, 0.15) is 0 Å². The van der Waals surface area contributed by atoms with Gasteiger partial charge in [0.05, 0.1) is 26.7 Å². The Kier molecular flexibility index (Phi) is 7.16. The van der Waals surface area contributed by atoms with E-state index < -0.39 is 0 Å². The minimum Gasteiger partial charge on any atom is -0.327 e. The number of halogens is 1. The molecule has 0 spiro atoms. The first kappa shape index (κ1) is 12.4. The van der Waals surface area contributed by atoms with Crippen LogP contribution in [0.15, 0.2) is 0 Å². The Hall–Kier alpha value is 0.440. The molecule has 74 valence electrons. The summed E-state index contributed by atoms with van der Waals surface area (Å²) in [7, 11) is 2.36. The van der Waals surface area contributed by atoms with E-state index in [1.807, 2.05) is 0 Å². The fourth-order valence-electron chi connectivity index (χ4n) is 1.30. The smallest absolute Gasteiger partial charge is 0.0784 e. The van der Waals surface area contributed by atoms with Crippen LogP contribution in [0.5, 0.6) is 0 Å². The molecule has 0 amide bonds. The highest BCUT2D eigenvalue weighted by Crippen LogP contribution is 2.06. The van der Waals surface area contributed by atoms with Crippen LogP contribution in [0.2, 0.25) is 0 Å². The lowest BCUT2D eigenvalue weighted by Crippen LogP contribution is -2.44. The number of unbranched alkanes of at least 4 members (excludes halogenated alkanes) is 2. The van der Waals surface area contributed by atoms with Crippen LogP contribution in [-0.4, -0.2) is 36.5 Å². The summed E-state index contributed by atoms with van der Waals surface area (Å²) in [6, 6.07) is 0. The maximum atomic E-state index is 3.46. The van der Waals surface area contributed by atoms with E-state index in [0.717, 1.165) is 5.33 Å². The Morgan fingerprint density at radius 2 is 1.58 bits per heavy atom. The number of alkyl halides is 1. The highest BCUT2D eigenvalue weighted by Gasteiger charge is 2.14. The molecule has 0 radical (unpaired) electrons. The van der Waals surface area contributed by atoms with Crippen LogP contribution in [0.4, 0.5) is 0 Å². The van der Waals surface area contributed by atoms with E-state index in [9.17, 15) is 0 Å². The van der Waals surface area contributed by atoms with Gasteiger partial charge in [-0.05, 0) is 33.1 Å². The molecule has 0 aliphatic carbocycles. The van der Waals surface area contributed by atoms with Crippen LogP contribution in [0.25, 0.3) is 0 Å². The first-order valence-corrected chi connectivity index (χ1v) is 6.20. The monoisotopic (exact) mass is 236 g/mol. The second-order valence-corrected chi connectivity index (χ2v) is 4.52. The lowest BCUT2D eigenvalue weighted by Gasteiger charge is -2.32. The van der Waals surface area contributed by atoms with Gasteiger partial charge in [0.25, 0.3) is 0 Å². The summed E-state index contributed by atoms with van der Waals surface area (Å²) < 4.78 is 1.24. The SMILES string of the molecule is CC[N+](C)(CC)CCCCCBr. The molecule has 0 heterocycles. The first-order valence-electron chi connectivity index (χ1n) is 5.08. The van der Waals surface area contributed by atoms with Crippen LogP contribution in [0, 0.1) is 0 Å². The molecular weight excluding hydrogens is 214 g/mol. The Bertz CT molecular complexity index is 100. The fraction of sp³-hybridized carbons (Fsp3) is 1.00. The Morgan fingerprint density at radius 3 is 2.00 bits per heavy atom. The zero-order chi connectivity index (χ0) is 9.45. The predicted molar refractivity (Wildman–Crippen MR) is 59.8 cm³/mol. The topological polar surface area (TPSA) is 0 Å². The third-order valence-corrected chi connectivity index (χ3v) is 3.42. The van der Waals surface area contributed by atoms with Gasteiger partial charge in [-0.25, -0.2) is 0 Å². The van der Waals surface area contributed by atoms with E-state index in [0.29, 0.717) is 0 Å². The molecule has 0 N–H and O–H groups in total. The number of hydrogen-bond donors (Lipinski definition) is 0. The van der Waals surface area contributed by atoms with Gasteiger partial charge in [-0.15, -0.1) is 0 Å². The van der Waals surface area contributed by atoms with E-state index in [2.05, 4.69) is 36.8 Å². The molecule has 0 aliphatic rings. The van der Waals surface area contributed by atoms with Crippen molar-refractivity contribution in [1.82, 2.24) is 0 Å². The lowest BCUT2D eigenvalue weighted by molar-refractivity contribution is -0.906. The van der Waals surface area contributed by atoms with Crippen molar-refractivity contribution in [2.45, 2.75) is 33.1 Å². The summed E-state index contributed by atoms with van der Waals surface area (Å²) >= 11 is 3.46. The average Bonchev–Trinajstić information content (AvgIpc) is 2.12. The molecule has 0 aromatic carbocycles. The number of rotatable bonds is 7. The Morgan fingerprint density at radius 1 is 1.00 bits per heavy atom. The van der Waals surface area contributed by atoms with Crippen molar-refractivity contribution < 1.29 is 4.48 Å². The molecule has 0 unspecified atom stereocenters.